The summed E-state index contributed by atoms with van der Waals surface area (Å²) >= 11 is 0. The fourth-order valence-corrected chi connectivity index (χ4v) is 4.12. The first-order valence-electron chi connectivity index (χ1n) is 5.06. The summed E-state index contributed by atoms with van der Waals surface area (Å²) < 4.78 is 23.0. The van der Waals surface area contributed by atoms with E-state index >= 15 is 0 Å². The summed E-state index contributed by atoms with van der Waals surface area (Å²) in [5, 5.41) is 11.8. The average Bonchev–Trinajstić information content (AvgIpc) is 1.99. The molecule has 0 amide bonds. The molecule has 0 spiro atoms. The van der Waals surface area contributed by atoms with E-state index < -0.39 is 21.3 Å². The first-order valence-corrected chi connectivity index (χ1v) is 6.88. The van der Waals surface area contributed by atoms with Crippen LogP contribution in [0.3, 0.4) is 0 Å². The molecule has 0 bridgehead atoms. The number of nitrogens with one attached hydrogen (secondary N) is 1. The minimum atomic E-state index is -3.08. The molecule has 1 rings (SSSR count). The molecule has 0 aromatic rings. The van der Waals surface area contributed by atoms with E-state index in [1.807, 2.05) is 6.92 Å². The van der Waals surface area contributed by atoms with Gasteiger partial charge in [0.1, 0.15) is 0 Å². The Kier molecular flexibility index (Phi) is 3.72. The van der Waals surface area contributed by atoms with Crippen molar-refractivity contribution in [1.29, 1.82) is 0 Å². The van der Waals surface area contributed by atoms with Gasteiger partial charge < -0.3 is 10.4 Å². The van der Waals surface area contributed by atoms with E-state index in [1.165, 1.54) is 0 Å². The van der Waals surface area contributed by atoms with Gasteiger partial charge in [-0.05, 0) is 19.4 Å². The SMILES string of the molecule is CCNC1(CC(=O)O)CCCS(=O)(=O)C1. The zero-order chi connectivity index (χ0) is 11.5. The van der Waals surface area contributed by atoms with Crippen LogP contribution < -0.4 is 5.32 Å². The number of carbonyl (C=O) groups is 1. The zero-order valence-electron chi connectivity index (χ0n) is 8.82. The highest BCUT2D eigenvalue weighted by Crippen LogP contribution is 2.26. The second-order valence-corrected chi connectivity index (χ2v) is 6.26. The molecule has 1 aliphatic heterocycles. The van der Waals surface area contributed by atoms with Gasteiger partial charge in [0.2, 0.25) is 0 Å². The third kappa shape index (κ3) is 3.46. The third-order valence-electron chi connectivity index (χ3n) is 2.65. The molecular formula is C9H17NO4S. The van der Waals surface area contributed by atoms with E-state index in [9.17, 15) is 13.2 Å². The molecule has 0 saturated carbocycles. The molecule has 5 nitrogen and oxygen atoms in total. The average molecular weight is 235 g/mol. The molecular weight excluding hydrogens is 218 g/mol. The standard InChI is InChI=1S/C9H17NO4S/c1-2-10-9(6-8(11)12)4-3-5-15(13,14)7-9/h10H,2-7H2,1H3,(H,11,12). The lowest BCUT2D eigenvalue weighted by molar-refractivity contribution is -0.138. The summed E-state index contributed by atoms with van der Waals surface area (Å²) in [6, 6.07) is 0. The second kappa shape index (κ2) is 4.49. The van der Waals surface area contributed by atoms with E-state index in [0.29, 0.717) is 19.4 Å². The molecule has 0 aliphatic carbocycles. The van der Waals surface area contributed by atoms with Crippen LogP contribution in [0.1, 0.15) is 26.2 Å². The molecule has 1 unspecified atom stereocenters. The summed E-state index contributed by atoms with van der Waals surface area (Å²) in [5.74, 6) is -0.826. The molecule has 6 heteroatoms. The van der Waals surface area contributed by atoms with Crippen LogP contribution in [0.2, 0.25) is 0 Å². The molecule has 1 aliphatic rings. The Bertz CT molecular complexity index is 334. The first kappa shape index (κ1) is 12.4. The maximum absolute atomic E-state index is 11.5. The zero-order valence-corrected chi connectivity index (χ0v) is 9.64. The van der Waals surface area contributed by atoms with Crippen molar-refractivity contribution in [3.8, 4) is 0 Å². The summed E-state index contributed by atoms with van der Waals surface area (Å²) in [6.45, 7) is 2.44. The van der Waals surface area contributed by atoms with E-state index in [4.69, 9.17) is 5.11 Å². The molecule has 15 heavy (non-hydrogen) atoms. The smallest absolute Gasteiger partial charge is 0.305 e. The Morgan fingerprint density at radius 1 is 1.53 bits per heavy atom. The Morgan fingerprint density at radius 2 is 2.20 bits per heavy atom. The minimum Gasteiger partial charge on any atom is -0.481 e. The van der Waals surface area contributed by atoms with Gasteiger partial charge >= 0.3 is 5.97 Å². The van der Waals surface area contributed by atoms with Gasteiger partial charge in [0, 0.05) is 5.54 Å². The van der Waals surface area contributed by atoms with Gasteiger partial charge in [0.05, 0.1) is 17.9 Å². The predicted molar refractivity (Wildman–Crippen MR) is 56.5 cm³/mol. The van der Waals surface area contributed by atoms with Crippen molar-refractivity contribution in [2.75, 3.05) is 18.1 Å². The Morgan fingerprint density at radius 3 is 2.67 bits per heavy atom. The normalized spacial score (nSPS) is 29.9. The highest BCUT2D eigenvalue weighted by atomic mass is 32.2. The van der Waals surface area contributed by atoms with Crippen molar-refractivity contribution < 1.29 is 18.3 Å². The second-order valence-electron chi connectivity index (χ2n) is 4.08. The Hall–Kier alpha value is -0.620. The topological polar surface area (TPSA) is 83.5 Å². The minimum absolute atomic E-state index is 0.0554. The highest BCUT2D eigenvalue weighted by Gasteiger charge is 2.39. The van der Waals surface area contributed by atoms with Crippen LogP contribution >= 0.6 is 0 Å². The van der Waals surface area contributed by atoms with Crippen molar-refractivity contribution in [1.82, 2.24) is 5.32 Å². The molecule has 1 atom stereocenters. The summed E-state index contributed by atoms with van der Waals surface area (Å²) in [6.07, 6.45) is 1.04. The van der Waals surface area contributed by atoms with Crippen LogP contribution in [0, 0.1) is 0 Å². The number of sulfone groups is 1. The number of rotatable bonds is 4. The lowest BCUT2D eigenvalue weighted by Gasteiger charge is -2.36. The van der Waals surface area contributed by atoms with Crippen LogP contribution in [-0.4, -0.2) is 43.1 Å². The van der Waals surface area contributed by atoms with E-state index in [0.717, 1.165) is 0 Å². The van der Waals surface area contributed by atoms with Gasteiger partial charge in [-0.15, -0.1) is 0 Å². The van der Waals surface area contributed by atoms with E-state index in [1.54, 1.807) is 0 Å². The highest BCUT2D eigenvalue weighted by molar-refractivity contribution is 7.91. The molecule has 88 valence electrons. The number of aliphatic carboxylic acids is 1. The molecule has 0 radical (unpaired) electrons. The number of carboxylic acids is 1. The maximum atomic E-state index is 11.5. The molecule has 1 saturated heterocycles. The molecule has 1 fully saturated rings. The fraction of sp³-hybridized carbons (Fsp3) is 0.889. The monoisotopic (exact) mass is 235 g/mol. The van der Waals surface area contributed by atoms with E-state index in [-0.39, 0.29) is 17.9 Å². The maximum Gasteiger partial charge on any atom is 0.305 e. The van der Waals surface area contributed by atoms with Crippen LogP contribution in [0.5, 0.6) is 0 Å². The first-order chi connectivity index (χ1) is 6.89. The van der Waals surface area contributed by atoms with Crippen molar-refractivity contribution in [3.63, 3.8) is 0 Å². The number of hydrogen-bond acceptors (Lipinski definition) is 4. The van der Waals surface area contributed by atoms with Crippen molar-refractivity contribution >= 4 is 15.8 Å². The largest absolute Gasteiger partial charge is 0.481 e. The summed E-state index contributed by atoms with van der Waals surface area (Å²) in [7, 11) is -3.08. The van der Waals surface area contributed by atoms with Gasteiger partial charge in [-0.1, -0.05) is 6.92 Å². The molecule has 2 N–H and O–H groups in total. The number of carboxylic acid groups (broad SMARTS) is 1. The fourth-order valence-electron chi connectivity index (χ4n) is 2.20. The summed E-state index contributed by atoms with van der Waals surface area (Å²) in [4.78, 5) is 10.7. The quantitative estimate of drug-likeness (QED) is 0.717. The van der Waals surface area contributed by atoms with Crippen LogP contribution in [0.25, 0.3) is 0 Å². The number of hydrogen-bond donors (Lipinski definition) is 2. The predicted octanol–water partition coefficient (Wildman–Crippen LogP) is 0.0180. The van der Waals surface area contributed by atoms with E-state index in [2.05, 4.69) is 5.32 Å². The lowest BCUT2D eigenvalue weighted by Crippen LogP contribution is -2.54. The van der Waals surface area contributed by atoms with Crippen molar-refractivity contribution in [2.45, 2.75) is 31.7 Å². The third-order valence-corrected chi connectivity index (χ3v) is 4.55. The van der Waals surface area contributed by atoms with Crippen LogP contribution in [0.15, 0.2) is 0 Å². The summed E-state index contributed by atoms with van der Waals surface area (Å²) in [5.41, 5.74) is -0.752. The van der Waals surface area contributed by atoms with Gasteiger partial charge in [0.15, 0.2) is 9.84 Å². The molecule has 1 heterocycles. The van der Waals surface area contributed by atoms with Gasteiger partial charge in [-0.3, -0.25) is 4.79 Å². The van der Waals surface area contributed by atoms with Gasteiger partial charge in [-0.2, -0.15) is 0 Å². The van der Waals surface area contributed by atoms with Crippen molar-refractivity contribution in [3.05, 3.63) is 0 Å². The Labute approximate surface area is 89.8 Å². The lowest BCUT2D eigenvalue weighted by atomic mass is 9.91. The van der Waals surface area contributed by atoms with Gasteiger partial charge in [0.25, 0.3) is 0 Å². The Balaban J connectivity index is 2.84. The van der Waals surface area contributed by atoms with Crippen molar-refractivity contribution in [2.24, 2.45) is 0 Å². The van der Waals surface area contributed by atoms with Crippen LogP contribution in [-0.2, 0) is 14.6 Å². The molecule has 0 aromatic carbocycles. The van der Waals surface area contributed by atoms with Crippen LogP contribution in [0.4, 0.5) is 0 Å². The van der Waals surface area contributed by atoms with Gasteiger partial charge in [-0.25, -0.2) is 8.42 Å². The molecule has 0 aromatic heterocycles.